The Morgan fingerprint density at radius 2 is 1.56 bits per heavy atom. The predicted molar refractivity (Wildman–Crippen MR) is 316 cm³/mol. The molecule has 2 saturated heterocycles. The third kappa shape index (κ3) is 17.6. The number of anilines is 2. The molecule has 5 amide bonds. The normalized spacial score (nSPS) is 24.2. The van der Waals surface area contributed by atoms with E-state index in [-0.39, 0.29) is 74.7 Å². The van der Waals surface area contributed by atoms with E-state index >= 15 is 0 Å². The third-order valence-electron chi connectivity index (χ3n) is 15.6. The molecule has 4 aliphatic heterocycles. The number of halogens is 1. The van der Waals surface area contributed by atoms with Crippen molar-refractivity contribution in [3.63, 3.8) is 0 Å². The van der Waals surface area contributed by atoms with Crippen LogP contribution in [0.25, 0.3) is 0 Å². The lowest BCUT2D eigenvalue weighted by Crippen LogP contribution is -2.63. The van der Waals surface area contributed by atoms with Crippen molar-refractivity contribution in [1.29, 1.82) is 0 Å². The number of hydrogen-bond donors (Lipinski definition) is 3. The highest BCUT2D eigenvalue weighted by Gasteiger charge is 2.64. The zero-order valence-corrected chi connectivity index (χ0v) is 50.5. The molecular weight excluding hydrogens is 1120 g/mol. The van der Waals surface area contributed by atoms with Crippen molar-refractivity contribution in [2.45, 2.75) is 121 Å². The minimum atomic E-state index is -1.86. The zero-order chi connectivity index (χ0) is 61.3. The molecule has 0 saturated carbocycles. The Hall–Kier alpha value is -6.87. The van der Waals surface area contributed by atoms with E-state index in [0.717, 1.165) is 33.5 Å². The third-order valence-corrected chi connectivity index (χ3v) is 16.0. The van der Waals surface area contributed by atoms with Gasteiger partial charge in [-0.25, -0.2) is 9.59 Å². The summed E-state index contributed by atoms with van der Waals surface area (Å²) in [5.74, 6) is 4.19. The maximum absolute atomic E-state index is 14.3. The van der Waals surface area contributed by atoms with Gasteiger partial charge in [0.25, 0.3) is 0 Å². The molecule has 3 N–H and O–H groups in total. The molecule has 0 aliphatic carbocycles. The van der Waals surface area contributed by atoms with Crippen LogP contribution in [-0.2, 0) is 74.8 Å². The fourth-order valence-corrected chi connectivity index (χ4v) is 10.7. The van der Waals surface area contributed by atoms with Crippen LogP contribution in [0.3, 0.4) is 0 Å². The van der Waals surface area contributed by atoms with Crippen LogP contribution in [-0.4, -0.2) is 175 Å². The number of aliphatic hydroxyl groups is 1. The van der Waals surface area contributed by atoms with E-state index in [1.165, 1.54) is 38.0 Å². The number of alkyl carbamates (subject to hydrolysis) is 1. The van der Waals surface area contributed by atoms with E-state index < -0.39 is 65.7 Å². The van der Waals surface area contributed by atoms with Crippen LogP contribution < -0.4 is 25.2 Å². The number of fused-ring (bicyclic) bond motifs is 7. The standard InChI is InChI=1S/C63H80ClN5O16/c1-41-15-13-20-52(78-8)63(76)39-51(83-61(75)66-63)42(2)59-62(4,85-59)53(38-57(73)68(6)49-36-44(35-41)37-50(77-7)58(49)64)84-60(74)43(3)67(5)55(71)21-14-27-79-29-31-81-33-34-82-32-30-80-28-26-65-54(70)24-25-56(72)69-40-47-18-10-9-16-45(47)22-23-46-17-11-12-19-48(46)69/h9-13,15-20,36-37,42-43,51-53,59,76H,14,21,24-35,38-40H2,1-8H3,(H,65,70)(H,66,75)/b20-13+,41-15+/t42-,43+,51+,52-,53+,59+,62+,63+/m1/s1. The van der Waals surface area contributed by atoms with Gasteiger partial charge in [0, 0.05) is 77.1 Å². The number of nitrogens with one attached hydrogen (secondary N) is 2. The number of hydrogen-bond acceptors (Lipinski definition) is 16. The highest BCUT2D eigenvalue weighted by atomic mass is 35.5. The average Bonchev–Trinajstić information content (AvgIpc) is 2.64. The van der Waals surface area contributed by atoms with Crippen LogP contribution in [0.5, 0.6) is 5.75 Å². The van der Waals surface area contributed by atoms with E-state index in [4.69, 9.17) is 54.2 Å². The number of benzene rings is 3. The molecule has 2 fully saturated rings. The number of para-hydroxylation sites is 1. The molecule has 21 nitrogen and oxygen atoms in total. The Labute approximate surface area is 502 Å². The molecule has 0 aromatic heterocycles. The van der Waals surface area contributed by atoms with Crippen molar-refractivity contribution >= 4 is 58.7 Å². The van der Waals surface area contributed by atoms with Gasteiger partial charge in [-0.05, 0) is 75.1 Å². The second kappa shape index (κ2) is 31.0. The van der Waals surface area contributed by atoms with E-state index in [1.807, 2.05) is 61.5 Å². The molecule has 4 heterocycles. The number of likely N-dealkylation sites (N-methyl/N-ethyl adjacent to an activating group) is 1. The van der Waals surface area contributed by atoms with Gasteiger partial charge in [0.1, 0.15) is 40.7 Å². The first-order valence-electron chi connectivity index (χ1n) is 28.7. The molecule has 7 rings (SSSR count). The van der Waals surface area contributed by atoms with Crippen LogP contribution in [0.1, 0.15) is 88.5 Å². The largest absolute Gasteiger partial charge is 0.495 e. The van der Waals surface area contributed by atoms with Crippen molar-refractivity contribution in [2.75, 3.05) is 97.5 Å². The Kier molecular flexibility index (Phi) is 23.9. The Morgan fingerprint density at radius 1 is 0.906 bits per heavy atom. The molecule has 4 bridgehead atoms. The van der Waals surface area contributed by atoms with Gasteiger partial charge in [0.15, 0.2) is 5.72 Å². The van der Waals surface area contributed by atoms with Crippen LogP contribution in [0.2, 0.25) is 5.02 Å². The molecule has 460 valence electrons. The number of amides is 5. The van der Waals surface area contributed by atoms with Gasteiger partial charge in [0.2, 0.25) is 23.6 Å². The quantitative estimate of drug-likeness (QED) is 0.0391. The fraction of sp³-hybridized carbons (Fsp3) is 0.524. The van der Waals surface area contributed by atoms with Crippen molar-refractivity contribution in [3.8, 4) is 17.6 Å². The maximum Gasteiger partial charge on any atom is 0.409 e. The summed E-state index contributed by atoms with van der Waals surface area (Å²) in [5.41, 5.74) is 2.21. The number of ether oxygens (including phenoxy) is 9. The number of carbonyl (C=O) groups is 6. The van der Waals surface area contributed by atoms with E-state index in [9.17, 15) is 33.9 Å². The number of rotatable bonds is 24. The van der Waals surface area contributed by atoms with Crippen molar-refractivity contribution < 1.29 is 76.5 Å². The van der Waals surface area contributed by atoms with Gasteiger partial charge >= 0.3 is 12.1 Å². The lowest BCUT2D eigenvalue weighted by molar-refractivity contribution is -0.162. The molecule has 0 spiro atoms. The minimum absolute atomic E-state index is 0.0409. The molecule has 3 aromatic carbocycles. The minimum Gasteiger partial charge on any atom is -0.495 e. The predicted octanol–water partition coefficient (Wildman–Crippen LogP) is 6.20. The number of carbonyl (C=O) groups excluding carboxylic acids is 6. The molecule has 0 radical (unpaired) electrons. The fourth-order valence-electron chi connectivity index (χ4n) is 10.4. The molecule has 22 heteroatoms. The molecular formula is C63H80ClN5O16. The van der Waals surface area contributed by atoms with Crippen LogP contribution in [0.4, 0.5) is 16.2 Å². The van der Waals surface area contributed by atoms with Crippen LogP contribution in [0.15, 0.2) is 84.5 Å². The summed E-state index contributed by atoms with van der Waals surface area (Å²) >= 11 is 6.82. The van der Waals surface area contributed by atoms with Gasteiger partial charge < -0.3 is 67.8 Å². The molecule has 4 aliphatic rings. The van der Waals surface area contributed by atoms with Gasteiger partial charge in [-0.1, -0.05) is 84.5 Å². The second-order valence-electron chi connectivity index (χ2n) is 21.7. The van der Waals surface area contributed by atoms with Gasteiger partial charge in [-0.3, -0.25) is 24.5 Å². The summed E-state index contributed by atoms with van der Waals surface area (Å²) in [4.78, 5) is 85.2. The van der Waals surface area contributed by atoms with E-state index in [0.29, 0.717) is 70.4 Å². The average molecular weight is 1200 g/mol. The lowest BCUT2D eigenvalue weighted by Gasteiger charge is -2.42. The Balaban J connectivity index is 0.793. The summed E-state index contributed by atoms with van der Waals surface area (Å²) in [7, 11) is 5.96. The highest BCUT2D eigenvalue weighted by molar-refractivity contribution is 6.35. The van der Waals surface area contributed by atoms with Crippen molar-refractivity contribution in [1.82, 2.24) is 15.5 Å². The lowest BCUT2D eigenvalue weighted by atomic mass is 9.83. The monoisotopic (exact) mass is 1200 g/mol. The highest BCUT2D eigenvalue weighted by Crippen LogP contribution is 2.49. The second-order valence-corrected chi connectivity index (χ2v) is 22.1. The number of esters is 1. The Morgan fingerprint density at radius 3 is 2.27 bits per heavy atom. The molecule has 3 aromatic rings. The van der Waals surface area contributed by atoms with Gasteiger partial charge in [-0.2, -0.15) is 0 Å². The topological polar surface area (TPSA) is 243 Å². The number of methoxy groups -OCH3 is 2. The number of allylic oxidation sites excluding steroid dienone is 3. The molecule has 0 unspecified atom stereocenters. The SMILES string of the molecule is COc1cc2cc(c1Cl)N(C)C(=O)C[C@H](OC(=O)[C@H](C)N(C)C(=O)CCCOCCOCCOCCOCCNC(=O)CCC(=O)N1Cc3ccccc3C#Cc3ccccc31)[C@]1(C)O[C@H]1[C@H](C)[C@@H]1C[C@@](O)(NC(=O)O1)[C@H](OC)/C=C/C=C(\C)C2. The number of epoxide rings is 1. The smallest absolute Gasteiger partial charge is 0.409 e. The first kappa shape index (κ1) is 65.7. The summed E-state index contributed by atoms with van der Waals surface area (Å²) in [6.45, 7) is 10.0. The number of nitrogens with zero attached hydrogens (tertiary/aromatic N) is 3. The van der Waals surface area contributed by atoms with Crippen molar-refractivity contribution in [2.24, 2.45) is 5.92 Å². The van der Waals surface area contributed by atoms with Gasteiger partial charge in [-0.15, -0.1) is 0 Å². The van der Waals surface area contributed by atoms with E-state index in [2.05, 4.69) is 22.5 Å². The first-order valence-corrected chi connectivity index (χ1v) is 29.1. The maximum atomic E-state index is 14.3. The summed E-state index contributed by atoms with van der Waals surface area (Å²) in [5, 5.41) is 17.4. The van der Waals surface area contributed by atoms with E-state index in [1.54, 1.807) is 50.1 Å². The Bertz CT molecular complexity index is 2980. The van der Waals surface area contributed by atoms with Crippen molar-refractivity contribution in [3.05, 3.63) is 112 Å². The first-order chi connectivity index (χ1) is 40.8. The van der Waals surface area contributed by atoms with Gasteiger partial charge in [0.05, 0.1) is 83.8 Å². The summed E-state index contributed by atoms with van der Waals surface area (Å²) < 4.78 is 51.9. The van der Waals surface area contributed by atoms with Crippen LogP contribution in [0, 0.1) is 17.8 Å². The molecule has 8 atom stereocenters. The molecule has 85 heavy (non-hydrogen) atoms. The summed E-state index contributed by atoms with van der Waals surface area (Å²) in [6.07, 6.45) is 1.13. The summed E-state index contributed by atoms with van der Waals surface area (Å²) in [6, 6.07) is 17.8. The zero-order valence-electron chi connectivity index (χ0n) is 49.8. The van der Waals surface area contributed by atoms with Crippen LogP contribution >= 0.6 is 11.6 Å².